The number of ether oxygens (including phenoxy) is 1. The van der Waals surface area contributed by atoms with Crippen LogP contribution < -0.4 is 16.0 Å². The van der Waals surface area contributed by atoms with Gasteiger partial charge in [-0.25, -0.2) is 9.97 Å². The number of nitrogens with one attached hydrogen (secondary N) is 4. The molecule has 2 atom stereocenters. The number of fused-ring (bicyclic) bond motifs is 1. The number of amides is 1. The lowest BCUT2D eigenvalue weighted by atomic mass is 10.1. The van der Waals surface area contributed by atoms with E-state index in [1.54, 1.807) is 30.5 Å². The fourth-order valence-corrected chi connectivity index (χ4v) is 4.27. The van der Waals surface area contributed by atoms with Crippen molar-refractivity contribution in [3.05, 3.63) is 47.4 Å². The first-order valence-corrected chi connectivity index (χ1v) is 11.8. The molecule has 10 heteroatoms. The Balaban J connectivity index is 1.52. The van der Waals surface area contributed by atoms with Gasteiger partial charge in [-0.2, -0.15) is 0 Å². The van der Waals surface area contributed by atoms with Crippen molar-refractivity contribution in [3.8, 4) is 0 Å². The summed E-state index contributed by atoms with van der Waals surface area (Å²) in [6, 6.07) is 6.96. The lowest BCUT2D eigenvalue weighted by Crippen LogP contribution is -2.18. The maximum atomic E-state index is 13.0. The first-order valence-electron chi connectivity index (χ1n) is 11.8. The monoisotopic (exact) mass is 477 g/mol. The van der Waals surface area contributed by atoms with Crippen molar-refractivity contribution in [2.75, 3.05) is 44.0 Å². The van der Waals surface area contributed by atoms with Crippen molar-refractivity contribution < 1.29 is 14.3 Å². The molecule has 1 amide bonds. The highest BCUT2D eigenvalue weighted by Crippen LogP contribution is 2.25. The maximum Gasteiger partial charge on any atom is 0.274 e. The van der Waals surface area contributed by atoms with Crippen molar-refractivity contribution in [3.63, 3.8) is 0 Å². The van der Waals surface area contributed by atoms with Crippen molar-refractivity contribution in [1.82, 2.24) is 19.9 Å². The van der Waals surface area contributed by atoms with E-state index in [-0.39, 0.29) is 11.7 Å². The molecule has 3 aromatic rings. The zero-order valence-corrected chi connectivity index (χ0v) is 20.0. The molecule has 0 spiro atoms. The van der Waals surface area contributed by atoms with Gasteiger partial charge in [-0.15, -0.1) is 0 Å². The number of carbonyl (C=O) groups excluding carboxylic acids is 2. The van der Waals surface area contributed by atoms with Gasteiger partial charge in [0.2, 0.25) is 0 Å². The molecule has 4 rings (SSSR count). The summed E-state index contributed by atoms with van der Waals surface area (Å²) in [5.74, 6) is 0.631. The third-order valence-electron chi connectivity index (χ3n) is 6.23. The molecule has 0 saturated carbocycles. The first kappa shape index (κ1) is 24.5. The summed E-state index contributed by atoms with van der Waals surface area (Å²) in [5.41, 5.74) is 2.40. The Labute approximate surface area is 204 Å². The summed E-state index contributed by atoms with van der Waals surface area (Å²) in [5, 5.41) is 17.8. The smallest absolute Gasteiger partial charge is 0.274 e. The minimum Gasteiger partial charge on any atom is -0.381 e. The van der Waals surface area contributed by atoms with Crippen molar-refractivity contribution in [1.29, 1.82) is 5.41 Å². The minimum atomic E-state index is -0.392. The predicted molar refractivity (Wildman–Crippen MR) is 136 cm³/mol. The fraction of sp³-hybridized carbons (Fsp3) is 0.400. The molecule has 0 bridgehead atoms. The topological polar surface area (TPSA) is 134 Å². The molecule has 0 aromatic carbocycles. The predicted octanol–water partition coefficient (Wildman–Crippen LogP) is 3.11. The fourth-order valence-electron chi connectivity index (χ4n) is 4.27. The Morgan fingerprint density at radius 1 is 1.37 bits per heavy atom. The molecule has 1 saturated heterocycles. The van der Waals surface area contributed by atoms with Gasteiger partial charge in [0, 0.05) is 42.3 Å². The van der Waals surface area contributed by atoms with Gasteiger partial charge in [-0.3, -0.25) is 9.59 Å². The molecule has 10 nitrogen and oxygen atoms in total. The molecule has 4 heterocycles. The van der Waals surface area contributed by atoms with Gasteiger partial charge < -0.3 is 30.7 Å². The highest BCUT2D eigenvalue weighted by molar-refractivity contribution is 6.04. The van der Waals surface area contributed by atoms with Crippen LogP contribution in [-0.4, -0.2) is 66.3 Å². The van der Waals surface area contributed by atoms with Gasteiger partial charge in [0.05, 0.1) is 24.2 Å². The van der Waals surface area contributed by atoms with Crippen molar-refractivity contribution >= 4 is 40.9 Å². The second-order valence-corrected chi connectivity index (χ2v) is 8.78. The van der Waals surface area contributed by atoms with Crippen LogP contribution in [0.15, 0.2) is 30.5 Å². The van der Waals surface area contributed by atoms with Crippen LogP contribution in [0.25, 0.3) is 11.0 Å². The van der Waals surface area contributed by atoms with E-state index in [1.807, 2.05) is 18.5 Å². The molecule has 4 N–H and O–H groups in total. The minimum absolute atomic E-state index is 0.0288. The third-order valence-corrected chi connectivity index (χ3v) is 6.23. The van der Waals surface area contributed by atoms with Crippen molar-refractivity contribution in [2.24, 2.45) is 5.92 Å². The summed E-state index contributed by atoms with van der Waals surface area (Å²) < 4.78 is 7.27. The van der Waals surface area contributed by atoms with Crippen LogP contribution in [0.1, 0.15) is 52.3 Å². The number of hydrogen-bond donors (Lipinski definition) is 4. The van der Waals surface area contributed by atoms with E-state index in [0.717, 1.165) is 50.8 Å². The van der Waals surface area contributed by atoms with E-state index in [4.69, 9.17) is 10.1 Å². The Morgan fingerprint density at radius 2 is 2.23 bits per heavy atom. The molecule has 1 fully saturated rings. The lowest BCUT2D eigenvalue weighted by molar-refractivity contribution is 0.102. The zero-order valence-electron chi connectivity index (χ0n) is 20.0. The molecule has 184 valence electrons. The highest BCUT2D eigenvalue weighted by atomic mass is 16.5. The van der Waals surface area contributed by atoms with Crippen LogP contribution in [0.2, 0.25) is 0 Å². The van der Waals surface area contributed by atoms with E-state index in [9.17, 15) is 9.59 Å². The molecule has 1 aliphatic rings. The number of hydrogen-bond acceptors (Lipinski definition) is 8. The highest BCUT2D eigenvalue weighted by Gasteiger charge is 2.19. The maximum absolute atomic E-state index is 13.0. The van der Waals surface area contributed by atoms with Crippen LogP contribution in [0.3, 0.4) is 0 Å². The average Bonchev–Trinajstić information content (AvgIpc) is 3.53. The largest absolute Gasteiger partial charge is 0.381 e. The number of rotatable bonds is 11. The van der Waals surface area contributed by atoms with Gasteiger partial charge in [0.25, 0.3) is 5.91 Å². The second-order valence-electron chi connectivity index (χ2n) is 8.78. The first-order chi connectivity index (χ1) is 17.0. The van der Waals surface area contributed by atoms with Crippen LogP contribution in [0.5, 0.6) is 0 Å². The van der Waals surface area contributed by atoms with E-state index >= 15 is 0 Å². The summed E-state index contributed by atoms with van der Waals surface area (Å²) in [4.78, 5) is 33.6. The standard InChI is InChI=1S/C25H31N7O3/c1-16(5-7-27-2)32-21(14-33)10-18-3-4-22(31-24(18)32)25(34)30-20-9-19(11-26)23(29-13-20)28-12-17-6-8-35-15-17/h3-4,9-11,13-14,16-17,26-27H,5-8,12,15H2,1-2H3,(H,28,29)(H,30,34). The quantitative estimate of drug-likeness (QED) is 0.246. The van der Waals surface area contributed by atoms with E-state index in [1.165, 1.54) is 6.21 Å². The Morgan fingerprint density at radius 3 is 2.94 bits per heavy atom. The Kier molecular flexibility index (Phi) is 7.84. The SMILES string of the molecule is CNCCC(C)n1c(C=O)cc2ccc(C(=O)Nc3cnc(NCC4CCOC4)c(C=N)c3)nc21. The van der Waals surface area contributed by atoms with Gasteiger partial charge >= 0.3 is 0 Å². The van der Waals surface area contributed by atoms with Crippen LogP contribution in [0.4, 0.5) is 11.5 Å². The number of pyridine rings is 2. The molecular weight excluding hydrogens is 446 g/mol. The zero-order chi connectivity index (χ0) is 24.8. The number of aldehydes is 1. The van der Waals surface area contributed by atoms with Crippen molar-refractivity contribution in [2.45, 2.75) is 25.8 Å². The molecule has 0 radical (unpaired) electrons. The number of aromatic nitrogens is 3. The normalized spacial score (nSPS) is 16.2. The lowest BCUT2D eigenvalue weighted by Gasteiger charge is -2.16. The van der Waals surface area contributed by atoms with Crippen LogP contribution in [0, 0.1) is 11.3 Å². The number of anilines is 2. The van der Waals surface area contributed by atoms with Crippen LogP contribution in [-0.2, 0) is 4.74 Å². The Hall–Kier alpha value is -3.63. The molecule has 3 aromatic heterocycles. The molecule has 1 aliphatic heterocycles. The Bertz CT molecular complexity index is 1220. The summed E-state index contributed by atoms with van der Waals surface area (Å²) in [6.07, 6.45) is 5.40. The third kappa shape index (κ3) is 5.55. The van der Waals surface area contributed by atoms with Gasteiger partial charge in [0.15, 0.2) is 6.29 Å². The van der Waals surface area contributed by atoms with E-state index in [0.29, 0.717) is 34.3 Å². The molecule has 35 heavy (non-hydrogen) atoms. The van der Waals surface area contributed by atoms with E-state index in [2.05, 4.69) is 25.9 Å². The molecule has 2 unspecified atom stereocenters. The molecule has 0 aliphatic carbocycles. The average molecular weight is 478 g/mol. The van der Waals surface area contributed by atoms with Crippen LogP contribution >= 0.6 is 0 Å². The van der Waals surface area contributed by atoms with Gasteiger partial charge in [-0.1, -0.05) is 0 Å². The number of nitrogens with zero attached hydrogens (tertiary/aromatic N) is 3. The van der Waals surface area contributed by atoms with E-state index < -0.39 is 5.91 Å². The van der Waals surface area contributed by atoms with Gasteiger partial charge in [0.1, 0.15) is 17.2 Å². The second kappa shape index (κ2) is 11.2. The van der Waals surface area contributed by atoms with Gasteiger partial charge in [-0.05, 0) is 57.6 Å². The summed E-state index contributed by atoms with van der Waals surface area (Å²) >= 11 is 0. The number of carbonyl (C=O) groups is 2. The summed E-state index contributed by atoms with van der Waals surface area (Å²) in [6.45, 7) is 5.04. The molecular formula is C25H31N7O3. The summed E-state index contributed by atoms with van der Waals surface area (Å²) in [7, 11) is 1.88.